The zero-order valence-electron chi connectivity index (χ0n) is 8.56. The maximum absolute atomic E-state index is 11.7. The zero-order valence-corrected chi connectivity index (χ0v) is 8.56. The summed E-state index contributed by atoms with van der Waals surface area (Å²) in [7, 11) is 0. The predicted octanol–water partition coefficient (Wildman–Crippen LogP) is 1.97. The normalized spacial score (nSPS) is 11.1. The van der Waals surface area contributed by atoms with Crippen molar-refractivity contribution in [1.82, 2.24) is 4.98 Å². The Hall–Kier alpha value is -2.56. The zero-order chi connectivity index (χ0) is 12.0. The van der Waals surface area contributed by atoms with Gasteiger partial charge < -0.3 is 14.5 Å². The van der Waals surface area contributed by atoms with Crippen molar-refractivity contribution in [2.45, 2.75) is 0 Å². The number of nitrogens with one attached hydrogen (secondary N) is 1. The SMILES string of the molecule is O=C(O)c1cc2c(=O)[nH]c3ccccc3c2o1. The van der Waals surface area contributed by atoms with E-state index >= 15 is 0 Å². The minimum absolute atomic E-state index is 0.234. The summed E-state index contributed by atoms with van der Waals surface area (Å²) in [5, 5.41) is 9.78. The average Bonchev–Trinajstić information content (AvgIpc) is 2.75. The molecule has 0 bridgehead atoms. The van der Waals surface area contributed by atoms with Crippen molar-refractivity contribution in [3.8, 4) is 0 Å². The molecule has 0 spiro atoms. The minimum Gasteiger partial charge on any atom is -0.475 e. The van der Waals surface area contributed by atoms with Crippen molar-refractivity contribution in [1.29, 1.82) is 0 Å². The number of para-hydroxylation sites is 1. The van der Waals surface area contributed by atoms with E-state index in [9.17, 15) is 9.59 Å². The molecule has 0 saturated carbocycles. The number of carboxylic acids is 1. The third kappa shape index (κ3) is 1.32. The number of carbonyl (C=O) groups is 1. The second-order valence-electron chi connectivity index (χ2n) is 3.66. The van der Waals surface area contributed by atoms with Gasteiger partial charge in [0.25, 0.3) is 5.56 Å². The molecule has 2 N–H and O–H groups in total. The molecule has 0 atom stereocenters. The van der Waals surface area contributed by atoms with Gasteiger partial charge in [0.05, 0.1) is 10.9 Å². The molecule has 2 heterocycles. The molecule has 17 heavy (non-hydrogen) atoms. The Morgan fingerprint density at radius 1 is 1.24 bits per heavy atom. The molecule has 84 valence electrons. The highest BCUT2D eigenvalue weighted by atomic mass is 16.4. The molecule has 0 radical (unpaired) electrons. The highest BCUT2D eigenvalue weighted by molar-refractivity contribution is 6.04. The van der Waals surface area contributed by atoms with Crippen molar-refractivity contribution in [3.63, 3.8) is 0 Å². The van der Waals surface area contributed by atoms with Gasteiger partial charge in [-0.05, 0) is 12.1 Å². The Kier molecular flexibility index (Phi) is 1.82. The lowest BCUT2D eigenvalue weighted by molar-refractivity contribution is 0.0665. The van der Waals surface area contributed by atoms with Crippen LogP contribution in [0.5, 0.6) is 0 Å². The van der Waals surface area contributed by atoms with Crippen LogP contribution < -0.4 is 5.56 Å². The summed E-state index contributed by atoms with van der Waals surface area (Å²) in [6, 6.07) is 8.32. The molecule has 0 saturated heterocycles. The fraction of sp³-hybridized carbons (Fsp3) is 0. The first kappa shape index (κ1) is 9.65. The van der Waals surface area contributed by atoms with Gasteiger partial charge >= 0.3 is 5.97 Å². The van der Waals surface area contributed by atoms with Crippen LogP contribution in [-0.2, 0) is 0 Å². The molecular formula is C12H7NO4. The van der Waals surface area contributed by atoms with E-state index in [0.717, 1.165) is 0 Å². The van der Waals surface area contributed by atoms with Crippen LogP contribution >= 0.6 is 0 Å². The molecule has 3 rings (SSSR count). The molecular weight excluding hydrogens is 222 g/mol. The van der Waals surface area contributed by atoms with Gasteiger partial charge in [-0.15, -0.1) is 0 Å². The highest BCUT2D eigenvalue weighted by Crippen LogP contribution is 2.23. The quantitative estimate of drug-likeness (QED) is 0.668. The van der Waals surface area contributed by atoms with Crippen LogP contribution in [0.2, 0.25) is 0 Å². The van der Waals surface area contributed by atoms with E-state index in [1.165, 1.54) is 6.07 Å². The van der Waals surface area contributed by atoms with Crippen LogP contribution in [0.3, 0.4) is 0 Å². The molecule has 0 unspecified atom stereocenters. The molecule has 0 aliphatic rings. The molecule has 3 aromatic rings. The summed E-state index contributed by atoms with van der Waals surface area (Å²) in [5.41, 5.74) is 0.577. The lowest BCUT2D eigenvalue weighted by atomic mass is 10.2. The van der Waals surface area contributed by atoms with E-state index in [1.54, 1.807) is 24.3 Å². The number of pyridine rings is 1. The minimum atomic E-state index is -1.19. The number of aromatic nitrogens is 1. The summed E-state index contributed by atoms with van der Waals surface area (Å²) in [4.78, 5) is 25.2. The predicted molar refractivity (Wildman–Crippen MR) is 61.3 cm³/mol. The van der Waals surface area contributed by atoms with Crippen molar-refractivity contribution in [3.05, 3.63) is 46.4 Å². The van der Waals surface area contributed by atoms with Crippen LogP contribution in [0, 0.1) is 0 Å². The number of hydrogen-bond acceptors (Lipinski definition) is 3. The number of aromatic amines is 1. The summed E-state index contributed by atoms with van der Waals surface area (Å²) < 4.78 is 5.20. The number of carboxylic acid groups (broad SMARTS) is 1. The lowest BCUT2D eigenvalue weighted by Crippen LogP contribution is -2.04. The smallest absolute Gasteiger partial charge is 0.371 e. The fourth-order valence-corrected chi connectivity index (χ4v) is 1.84. The van der Waals surface area contributed by atoms with E-state index in [1.807, 2.05) is 0 Å². The van der Waals surface area contributed by atoms with Gasteiger partial charge in [0.2, 0.25) is 5.76 Å². The molecule has 5 heteroatoms. The Balaban J connectivity index is 2.56. The van der Waals surface area contributed by atoms with E-state index in [2.05, 4.69) is 4.98 Å². The van der Waals surface area contributed by atoms with E-state index in [-0.39, 0.29) is 16.7 Å². The standard InChI is InChI=1S/C12H7NO4/c14-11-7-5-9(12(15)16)17-10(7)6-3-1-2-4-8(6)13-11/h1-5H,(H,13,14)(H,15,16). The van der Waals surface area contributed by atoms with Crippen molar-refractivity contribution in [2.24, 2.45) is 0 Å². The largest absolute Gasteiger partial charge is 0.475 e. The van der Waals surface area contributed by atoms with Crippen LogP contribution in [0.4, 0.5) is 0 Å². The highest BCUT2D eigenvalue weighted by Gasteiger charge is 2.15. The summed E-state index contributed by atoms with van der Waals surface area (Å²) >= 11 is 0. The van der Waals surface area contributed by atoms with Gasteiger partial charge in [-0.3, -0.25) is 4.79 Å². The maximum atomic E-state index is 11.7. The number of benzene rings is 1. The van der Waals surface area contributed by atoms with E-state index in [0.29, 0.717) is 16.5 Å². The number of aromatic carboxylic acids is 1. The first-order valence-corrected chi connectivity index (χ1v) is 4.94. The van der Waals surface area contributed by atoms with Crippen molar-refractivity contribution < 1.29 is 14.3 Å². The summed E-state index contributed by atoms with van der Waals surface area (Å²) in [6.45, 7) is 0. The third-order valence-corrected chi connectivity index (χ3v) is 2.61. The second-order valence-corrected chi connectivity index (χ2v) is 3.66. The fourth-order valence-electron chi connectivity index (χ4n) is 1.84. The van der Waals surface area contributed by atoms with E-state index in [4.69, 9.17) is 9.52 Å². The molecule has 0 aliphatic heterocycles. The Morgan fingerprint density at radius 3 is 2.76 bits per heavy atom. The van der Waals surface area contributed by atoms with Gasteiger partial charge in [0.15, 0.2) is 0 Å². The number of rotatable bonds is 1. The Morgan fingerprint density at radius 2 is 2.00 bits per heavy atom. The van der Waals surface area contributed by atoms with Crippen molar-refractivity contribution in [2.75, 3.05) is 0 Å². The van der Waals surface area contributed by atoms with Crippen LogP contribution in [0.25, 0.3) is 21.9 Å². The topological polar surface area (TPSA) is 83.3 Å². The lowest BCUT2D eigenvalue weighted by Gasteiger charge is -1.96. The molecule has 0 aliphatic carbocycles. The Bertz CT molecular complexity index is 797. The van der Waals surface area contributed by atoms with Crippen molar-refractivity contribution >= 4 is 27.8 Å². The van der Waals surface area contributed by atoms with Crippen LogP contribution in [-0.4, -0.2) is 16.1 Å². The van der Waals surface area contributed by atoms with Gasteiger partial charge in [0, 0.05) is 11.5 Å². The maximum Gasteiger partial charge on any atom is 0.371 e. The summed E-state index contributed by atoms with van der Waals surface area (Å²) in [5.74, 6) is -1.42. The van der Waals surface area contributed by atoms with E-state index < -0.39 is 5.97 Å². The van der Waals surface area contributed by atoms with Gasteiger partial charge in [-0.2, -0.15) is 0 Å². The molecule has 0 amide bonds. The third-order valence-electron chi connectivity index (χ3n) is 2.61. The molecule has 0 fully saturated rings. The number of furan rings is 1. The first-order valence-electron chi connectivity index (χ1n) is 4.94. The number of hydrogen-bond donors (Lipinski definition) is 2. The first-order chi connectivity index (χ1) is 8.16. The molecule has 2 aromatic heterocycles. The number of H-pyrrole nitrogens is 1. The van der Waals surface area contributed by atoms with Gasteiger partial charge in [-0.25, -0.2) is 4.79 Å². The average molecular weight is 229 g/mol. The molecule has 1 aromatic carbocycles. The molecule has 5 nitrogen and oxygen atoms in total. The van der Waals surface area contributed by atoms with Gasteiger partial charge in [-0.1, -0.05) is 12.1 Å². The van der Waals surface area contributed by atoms with Crippen LogP contribution in [0.15, 0.2) is 39.5 Å². The van der Waals surface area contributed by atoms with Gasteiger partial charge in [0.1, 0.15) is 5.58 Å². The Labute approximate surface area is 94.3 Å². The number of fused-ring (bicyclic) bond motifs is 3. The second kappa shape index (κ2) is 3.21. The van der Waals surface area contributed by atoms with Crippen LogP contribution in [0.1, 0.15) is 10.6 Å². The summed E-state index contributed by atoms with van der Waals surface area (Å²) in [6.07, 6.45) is 0. The monoisotopic (exact) mass is 229 g/mol.